The Kier molecular flexibility index (Phi) is 6.94. The number of hydrogen-bond donors (Lipinski definition) is 1. The molecule has 0 spiro atoms. The number of benzene rings is 1. The van der Waals surface area contributed by atoms with Gasteiger partial charge in [0.25, 0.3) is 0 Å². The van der Waals surface area contributed by atoms with Crippen LogP contribution in [0.1, 0.15) is 24.5 Å². The monoisotopic (exact) mass is 406 g/mol. The molecule has 1 aliphatic rings. The number of aromatic nitrogens is 1. The molecule has 1 aliphatic heterocycles. The molecule has 0 aliphatic carbocycles. The number of nitrogens with one attached hydrogen (secondary N) is 1. The molecule has 27 heavy (non-hydrogen) atoms. The van der Waals surface area contributed by atoms with E-state index in [0.717, 1.165) is 31.6 Å². The van der Waals surface area contributed by atoms with E-state index in [4.69, 9.17) is 23.2 Å². The molecular formula is C20H24Cl2N4O. The molecule has 2 amide bonds. The highest BCUT2D eigenvalue weighted by molar-refractivity contribution is 6.42. The summed E-state index contributed by atoms with van der Waals surface area (Å²) < 4.78 is 0. The fourth-order valence-electron chi connectivity index (χ4n) is 3.45. The van der Waals surface area contributed by atoms with Crippen LogP contribution in [0.3, 0.4) is 0 Å². The summed E-state index contributed by atoms with van der Waals surface area (Å²) in [5.41, 5.74) is 2.18. The van der Waals surface area contributed by atoms with Crippen LogP contribution in [0.15, 0.2) is 42.7 Å². The first-order chi connectivity index (χ1) is 13.1. The molecule has 1 saturated heterocycles. The molecule has 1 fully saturated rings. The van der Waals surface area contributed by atoms with Crippen LogP contribution in [0, 0.1) is 0 Å². The number of carbonyl (C=O) groups excluding carboxylic acids is 1. The molecule has 5 nitrogen and oxygen atoms in total. The summed E-state index contributed by atoms with van der Waals surface area (Å²) in [4.78, 5) is 21.0. The van der Waals surface area contributed by atoms with Crippen molar-refractivity contribution in [3.05, 3.63) is 63.9 Å². The summed E-state index contributed by atoms with van der Waals surface area (Å²) >= 11 is 12.0. The van der Waals surface area contributed by atoms with E-state index in [1.807, 2.05) is 42.4 Å². The normalized spacial score (nSPS) is 17.1. The predicted molar refractivity (Wildman–Crippen MR) is 109 cm³/mol. The van der Waals surface area contributed by atoms with Crippen LogP contribution in [-0.4, -0.2) is 46.5 Å². The average molecular weight is 407 g/mol. The Morgan fingerprint density at radius 2 is 2.00 bits per heavy atom. The van der Waals surface area contributed by atoms with Gasteiger partial charge in [0.1, 0.15) is 0 Å². The summed E-state index contributed by atoms with van der Waals surface area (Å²) in [5, 5.41) is 4.01. The Bertz CT molecular complexity index is 772. The van der Waals surface area contributed by atoms with Gasteiger partial charge in [-0.1, -0.05) is 29.3 Å². The minimum atomic E-state index is -0.0423. The number of urea groups is 1. The lowest BCUT2D eigenvalue weighted by Gasteiger charge is -2.28. The van der Waals surface area contributed by atoms with Gasteiger partial charge in [-0.15, -0.1) is 0 Å². The van der Waals surface area contributed by atoms with E-state index < -0.39 is 0 Å². The van der Waals surface area contributed by atoms with Gasteiger partial charge >= 0.3 is 6.03 Å². The molecule has 1 unspecified atom stereocenters. The molecule has 0 bridgehead atoms. The molecule has 7 heteroatoms. The number of hydrogen-bond acceptors (Lipinski definition) is 3. The van der Waals surface area contributed by atoms with Crippen molar-refractivity contribution in [2.24, 2.45) is 0 Å². The van der Waals surface area contributed by atoms with Gasteiger partial charge in [0.2, 0.25) is 0 Å². The first-order valence-corrected chi connectivity index (χ1v) is 9.92. The number of amides is 2. The number of halogens is 2. The molecule has 2 heterocycles. The summed E-state index contributed by atoms with van der Waals surface area (Å²) in [6.45, 7) is 5.90. The van der Waals surface area contributed by atoms with E-state index in [9.17, 15) is 4.79 Å². The van der Waals surface area contributed by atoms with E-state index >= 15 is 0 Å². The molecule has 144 valence electrons. The predicted octanol–water partition coefficient (Wildman–Crippen LogP) is 4.19. The minimum Gasteiger partial charge on any atom is -0.334 e. The van der Waals surface area contributed by atoms with Crippen molar-refractivity contribution >= 4 is 29.2 Å². The lowest BCUT2D eigenvalue weighted by Crippen LogP contribution is -2.46. The molecule has 2 aromatic rings. The van der Waals surface area contributed by atoms with E-state index in [1.54, 1.807) is 12.1 Å². The van der Waals surface area contributed by atoms with Crippen LogP contribution in [0.25, 0.3) is 0 Å². The van der Waals surface area contributed by atoms with E-state index in [2.05, 4.69) is 15.2 Å². The average Bonchev–Trinajstić information content (AvgIpc) is 3.12. The summed E-state index contributed by atoms with van der Waals surface area (Å²) in [7, 11) is 0. The highest BCUT2D eigenvalue weighted by atomic mass is 35.5. The van der Waals surface area contributed by atoms with Gasteiger partial charge in [0.05, 0.1) is 10.0 Å². The summed E-state index contributed by atoms with van der Waals surface area (Å²) in [5.74, 6) is 0. The largest absolute Gasteiger partial charge is 0.334 e. The number of nitrogens with zero attached hydrogens (tertiary/aromatic N) is 3. The zero-order chi connectivity index (χ0) is 19.2. The van der Waals surface area contributed by atoms with Gasteiger partial charge in [-0.2, -0.15) is 0 Å². The van der Waals surface area contributed by atoms with Crippen LogP contribution >= 0.6 is 23.2 Å². The third-order valence-electron chi connectivity index (χ3n) is 4.87. The highest BCUT2D eigenvalue weighted by Gasteiger charge is 2.29. The van der Waals surface area contributed by atoms with Crippen LogP contribution < -0.4 is 5.32 Å². The number of likely N-dealkylation sites (N-methyl/N-ethyl adjacent to an activating group) is 1. The summed E-state index contributed by atoms with van der Waals surface area (Å²) in [6.07, 6.45) is 4.62. The molecular weight excluding hydrogens is 383 g/mol. The molecule has 0 saturated carbocycles. The van der Waals surface area contributed by atoms with Crippen molar-refractivity contribution in [2.75, 3.05) is 19.6 Å². The van der Waals surface area contributed by atoms with Crippen LogP contribution in [0.2, 0.25) is 10.0 Å². The van der Waals surface area contributed by atoms with Crippen LogP contribution in [-0.2, 0) is 13.1 Å². The van der Waals surface area contributed by atoms with Gasteiger partial charge in [-0.05, 0) is 48.7 Å². The first-order valence-electron chi connectivity index (χ1n) is 9.16. The van der Waals surface area contributed by atoms with Gasteiger partial charge in [-0.3, -0.25) is 9.88 Å². The molecule has 1 atom stereocenters. The zero-order valence-electron chi connectivity index (χ0n) is 15.4. The molecule has 0 radical (unpaired) electrons. The van der Waals surface area contributed by atoms with Crippen molar-refractivity contribution in [3.63, 3.8) is 0 Å². The van der Waals surface area contributed by atoms with Gasteiger partial charge in [-0.25, -0.2) is 4.79 Å². The maximum Gasteiger partial charge on any atom is 0.317 e. The zero-order valence-corrected chi connectivity index (χ0v) is 16.9. The van der Waals surface area contributed by atoms with Crippen LogP contribution in [0.5, 0.6) is 0 Å². The van der Waals surface area contributed by atoms with E-state index in [0.29, 0.717) is 23.1 Å². The molecule has 1 aromatic heterocycles. The second-order valence-corrected chi connectivity index (χ2v) is 7.54. The second-order valence-electron chi connectivity index (χ2n) is 6.73. The number of pyridine rings is 1. The Labute approximate surface area is 170 Å². The quantitative estimate of drug-likeness (QED) is 0.781. The first kappa shape index (κ1) is 19.9. The Balaban J connectivity index is 1.53. The Morgan fingerprint density at radius 1 is 1.22 bits per heavy atom. The lowest BCUT2D eigenvalue weighted by molar-refractivity contribution is 0.176. The van der Waals surface area contributed by atoms with Crippen molar-refractivity contribution in [1.82, 2.24) is 20.1 Å². The van der Waals surface area contributed by atoms with Gasteiger partial charge in [0, 0.05) is 51.2 Å². The van der Waals surface area contributed by atoms with Crippen molar-refractivity contribution in [1.29, 1.82) is 0 Å². The van der Waals surface area contributed by atoms with Crippen LogP contribution in [0.4, 0.5) is 4.79 Å². The molecule has 1 aromatic carbocycles. The fraction of sp³-hybridized carbons (Fsp3) is 0.400. The minimum absolute atomic E-state index is 0.0423. The lowest BCUT2D eigenvalue weighted by atomic mass is 10.2. The smallest absolute Gasteiger partial charge is 0.317 e. The topological polar surface area (TPSA) is 48.5 Å². The maximum absolute atomic E-state index is 12.7. The van der Waals surface area contributed by atoms with Crippen molar-refractivity contribution in [2.45, 2.75) is 32.5 Å². The van der Waals surface area contributed by atoms with Gasteiger partial charge < -0.3 is 10.2 Å². The molecule has 3 rings (SSSR count). The third-order valence-corrected chi connectivity index (χ3v) is 5.61. The SMILES string of the molecule is CCN(C(=O)NCc1ccc(Cl)c(Cl)c1)C1CCN(Cc2ccncc2)C1. The highest BCUT2D eigenvalue weighted by Crippen LogP contribution is 2.23. The molecule has 1 N–H and O–H groups in total. The number of likely N-dealkylation sites (tertiary alicyclic amines) is 1. The van der Waals surface area contributed by atoms with Crippen molar-refractivity contribution in [3.8, 4) is 0 Å². The van der Waals surface area contributed by atoms with E-state index in [1.165, 1.54) is 5.56 Å². The standard InChI is InChI=1S/C20H24Cl2N4O/c1-2-26(20(27)24-12-16-3-4-18(21)19(22)11-16)17-7-10-25(14-17)13-15-5-8-23-9-6-15/h3-6,8-9,11,17H,2,7,10,12-14H2,1H3,(H,24,27). The number of carbonyl (C=O) groups is 1. The second kappa shape index (κ2) is 9.40. The van der Waals surface area contributed by atoms with E-state index in [-0.39, 0.29) is 12.1 Å². The third kappa shape index (κ3) is 5.34. The fourth-order valence-corrected chi connectivity index (χ4v) is 3.77. The summed E-state index contributed by atoms with van der Waals surface area (Å²) in [6, 6.07) is 9.66. The van der Waals surface area contributed by atoms with Gasteiger partial charge in [0.15, 0.2) is 0 Å². The van der Waals surface area contributed by atoms with Crippen molar-refractivity contribution < 1.29 is 4.79 Å². The Hall–Kier alpha value is -1.82. The Morgan fingerprint density at radius 3 is 2.70 bits per heavy atom. The maximum atomic E-state index is 12.7. The number of rotatable bonds is 6.